The van der Waals surface area contributed by atoms with E-state index in [4.69, 9.17) is 10.6 Å². The first-order chi connectivity index (χ1) is 10.1. The molecule has 0 aromatic heterocycles. The van der Waals surface area contributed by atoms with Crippen LogP contribution in [0, 0.1) is 5.92 Å². The van der Waals surface area contributed by atoms with Crippen molar-refractivity contribution in [2.45, 2.75) is 64.5 Å². The summed E-state index contributed by atoms with van der Waals surface area (Å²) in [7, 11) is 0. The molecule has 3 nitrogen and oxygen atoms in total. The van der Waals surface area contributed by atoms with Gasteiger partial charge in [-0.1, -0.05) is 38.1 Å². The Hall–Kier alpha value is -0.900. The van der Waals surface area contributed by atoms with Crippen LogP contribution in [0.3, 0.4) is 0 Å². The van der Waals surface area contributed by atoms with E-state index in [1.54, 1.807) is 0 Å². The molecular formula is C18H30N2O. The Kier molecular flexibility index (Phi) is 5.80. The first-order valence-corrected chi connectivity index (χ1v) is 8.34. The van der Waals surface area contributed by atoms with Gasteiger partial charge in [0.2, 0.25) is 0 Å². The summed E-state index contributed by atoms with van der Waals surface area (Å²) >= 11 is 0. The van der Waals surface area contributed by atoms with Crippen molar-refractivity contribution in [3.63, 3.8) is 0 Å². The molecule has 3 N–H and O–H groups in total. The number of hydrogen-bond acceptors (Lipinski definition) is 3. The standard InChI is InChI=1S/C18H30N2O/c1-4-15-7-6-8-16(13-15)17(20-19)18(21-5-2)11-9-14(3)10-12-18/h6-8,13-14,17,20H,4-5,9-12,19H2,1-3H3. The van der Waals surface area contributed by atoms with E-state index < -0.39 is 0 Å². The van der Waals surface area contributed by atoms with Gasteiger partial charge in [0.1, 0.15) is 0 Å². The highest BCUT2D eigenvalue weighted by Gasteiger charge is 2.42. The average Bonchev–Trinajstić information content (AvgIpc) is 2.51. The lowest BCUT2D eigenvalue weighted by Crippen LogP contribution is -2.50. The summed E-state index contributed by atoms with van der Waals surface area (Å²) in [5, 5.41) is 0. The summed E-state index contributed by atoms with van der Waals surface area (Å²) in [6, 6.07) is 8.81. The lowest BCUT2D eigenvalue weighted by Gasteiger charge is -2.44. The van der Waals surface area contributed by atoms with Gasteiger partial charge in [0.05, 0.1) is 11.6 Å². The minimum Gasteiger partial charge on any atom is -0.373 e. The highest BCUT2D eigenvalue weighted by Crippen LogP contribution is 2.43. The van der Waals surface area contributed by atoms with Gasteiger partial charge in [-0.25, -0.2) is 0 Å². The minimum atomic E-state index is -0.164. The number of aryl methyl sites for hydroxylation is 1. The first-order valence-electron chi connectivity index (χ1n) is 8.34. The van der Waals surface area contributed by atoms with Crippen molar-refractivity contribution in [2.75, 3.05) is 6.61 Å². The molecule has 1 aliphatic carbocycles. The first kappa shape index (κ1) is 16.5. The largest absolute Gasteiger partial charge is 0.373 e. The number of benzene rings is 1. The molecule has 1 aromatic rings. The number of rotatable bonds is 6. The van der Waals surface area contributed by atoms with E-state index in [1.807, 2.05) is 0 Å². The van der Waals surface area contributed by atoms with Crippen LogP contribution in [-0.4, -0.2) is 12.2 Å². The van der Waals surface area contributed by atoms with Crippen LogP contribution in [0.15, 0.2) is 24.3 Å². The molecule has 2 rings (SSSR count). The summed E-state index contributed by atoms with van der Waals surface area (Å²) in [5.74, 6) is 6.74. The van der Waals surface area contributed by atoms with Crippen molar-refractivity contribution >= 4 is 0 Å². The van der Waals surface area contributed by atoms with E-state index in [1.165, 1.54) is 24.0 Å². The summed E-state index contributed by atoms with van der Waals surface area (Å²) in [5.41, 5.74) is 5.49. The van der Waals surface area contributed by atoms with Gasteiger partial charge >= 0.3 is 0 Å². The van der Waals surface area contributed by atoms with Crippen LogP contribution in [0.1, 0.15) is 63.6 Å². The maximum atomic E-state index is 6.26. The van der Waals surface area contributed by atoms with Gasteiger partial charge in [-0.05, 0) is 56.1 Å². The summed E-state index contributed by atoms with van der Waals surface area (Å²) < 4.78 is 6.26. The molecule has 0 spiro atoms. The van der Waals surface area contributed by atoms with Gasteiger partial charge in [-0.3, -0.25) is 11.3 Å². The molecule has 1 fully saturated rings. The van der Waals surface area contributed by atoms with Crippen molar-refractivity contribution in [3.05, 3.63) is 35.4 Å². The van der Waals surface area contributed by atoms with Gasteiger partial charge in [0.25, 0.3) is 0 Å². The van der Waals surface area contributed by atoms with Gasteiger partial charge in [0.15, 0.2) is 0 Å². The Morgan fingerprint density at radius 3 is 2.62 bits per heavy atom. The molecule has 1 unspecified atom stereocenters. The van der Waals surface area contributed by atoms with Crippen molar-refractivity contribution in [3.8, 4) is 0 Å². The van der Waals surface area contributed by atoms with Crippen molar-refractivity contribution < 1.29 is 4.74 Å². The van der Waals surface area contributed by atoms with Gasteiger partial charge in [-0.2, -0.15) is 0 Å². The fourth-order valence-corrected chi connectivity index (χ4v) is 3.60. The van der Waals surface area contributed by atoms with E-state index in [0.29, 0.717) is 0 Å². The third-order valence-electron chi connectivity index (χ3n) is 4.94. The average molecular weight is 290 g/mol. The molecule has 1 saturated carbocycles. The molecule has 1 atom stereocenters. The molecule has 0 aliphatic heterocycles. The monoisotopic (exact) mass is 290 g/mol. The van der Waals surface area contributed by atoms with Crippen LogP contribution in [0.25, 0.3) is 0 Å². The number of ether oxygens (including phenoxy) is 1. The normalized spacial score (nSPS) is 27.5. The molecule has 0 heterocycles. The smallest absolute Gasteiger partial charge is 0.0889 e. The van der Waals surface area contributed by atoms with E-state index in [-0.39, 0.29) is 11.6 Å². The Labute approximate surface area is 129 Å². The van der Waals surface area contributed by atoms with Crippen molar-refractivity contribution in [1.82, 2.24) is 5.43 Å². The summed E-state index contributed by atoms with van der Waals surface area (Å²) in [4.78, 5) is 0. The zero-order valence-electron chi connectivity index (χ0n) is 13.7. The topological polar surface area (TPSA) is 47.3 Å². The molecule has 0 saturated heterocycles. The molecule has 21 heavy (non-hydrogen) atoms. The van der Waals surface area contributed by atoms with Crippen molar-refractivity contribution in [2.24, 2.45) is 11.8 Å². The van der Waals surface area contributed by atoms with Crippen LogP contribution in [0.4, 0.5) is 0 Å². The highest BCUT2D eigenvalue weighted by molar-refractivity contribution is 5.28. The van der Waals surface area contributed by atoms with Crippen LogP contribution in [0.5, 0.6) is 0 Å². The fraction of sp³-hybridized carbons (Fsp3) is 0.667. The van der Waals surface area contributed by atoms with Crippen LogP contribution < -0.4 is 11.3 Å². The number of nitrogens with one attached hydrogen (secondary N) is 1. The lowest BCUT2D eigenvalue weighted by atomic mass is 9.73. The molecule has 0 bridgehead atoms. The predicted molar refractivity (Wildman–Crippen MR) is 87.9 cm³/mol. The Morgan fingerprint density at radius 2 is 2.05 bits per heavy atom. The molecular weight excluding hydrogens is 260 g/mol. The van der Waals surface area contributed by atoms with Crippen molar-refractivity contribution in [1.29, 1.82) is 0 Å². The molecule has 3 heteroatoms. The number of hydrazine groups is 1. The Bertz CT molecular complexity index is 439. The van der Waals surface area contributed by atoms with Crippen LogP contribution >= 0.6 is 0 Å². The number of hydrogen-bond donors (Lipinski definition) is 2. The van der Waals surface area contributed by atoms with E-state index in [2.05, 4.69) is 50.5 Å². The Morgan fingerprint density at radius 1 is 1.33 bits per heavy atom. The second kappa shape index (κ2) is 7.39. The predicted octanol–water partition coefficient (Wildman–Crippen LogP) is 3.74. The van der Waals surface area contributed by atoms with E-state index >= 15 is 0 Å². The lowest BCUT2D eigenvalue weighted by molar-refractivity contribution is -0.0977. The molecule has 118 valence electrons. The number of nitrogens with two attached hydrogens (primary N) is 1. The zero-order chi connectivity index (χ0) is 15.3. The second-order valence-electron chi connectivity index (χ2n) is 6.38. The fourth-order valence-electron chi connectivity index (χ4n) is 3.60. The van der Waals surface area contributed by atoms with E-state index in [0.717, 1.165) is 31.8 Å². The molecule has 0 radical (unpaired) electrons. The van der Waals surface area contributed by atoms with Gasteiger partial charge in [-0.15, -0.1) is 0 Å². The van der Waals surface area contributed by atoms with Gasteiger partial charge < -0.3 is 4.74 Å². The highest BCUT2D eigenvalue weighted by atomic mass is 16.5. The Balaban J connectivity index is 2.30. The maximum absolute atomic E-state index is 6.26. The quantitative estimate of drug-likeness (QED) is 0.620. The zero-order valence-corrected chi connectivity index (χ0v) is 13.7. The molecule has 0 amide bonds. The van der Waals surface area contributed by atoms with Crippen LogP contribution in [0.2, 0.25) is 0 Å². The third kappa shape index (κ3) is 3.65. The molecule has 1 aliphatic rings. The summed E-state index contributed by atoms with van der Waals surface area (Å²) in [6.45, 7) is 7.33. The maximum Gasteiger partial charge on any atom is 0.0889 e. The molecule has 1 aromatic carbocycles. The second-order valence-corrected chi connectivity index (χ2v) is 6.38. The van der Waals surface area contributed by atoms with E-state index in [9.17, 15) is 0 Å². The SMILES string of the molecule is CCOC1(C(NN)c2cccc(CC)c2)CCC(C)CC1. The summed E-state index contributed by atoms with van der Waals surface area (Å²) in [6.07, 6.45) is 5.63. The van der Waals surface area contributed by atoms with Gasteiger partial charge in [0, 0.05) is 6.61 Å². The minimum absolute atomic E-state index is 0.0662. The third-order valence-corrected chi connectivity index (χ3v) is 4.94. The van der Waals surface area contributed by atoms with Crippen LogP contribution in [-0.2, 0) is 11.2 Å².